The summed E-state index contributed by atoms with van der Waals surface area (Å²) in [4.78, 5) is 14.0. The zero-order valence-corrected chi connectivity index (χ0v) is 15.5. The molecule has 6 nitrogen and oxygen atoms in total. The molecule has 0 fully saturated rings. The molecular formula is C19H27N3O3. The summed E-state index contributed by atoms with van der Waals surface area (Å²) in [7, 11) is 3.95. The van der Waals surface area contributed by atoms with Gasteiger partial charge in [0.25, 0.3) is 0 Å². The molecule has 0 spiro atoms. The van der Waals surface area contributed by atoms with Gasteiger partial charge in [0, 0.05) is 31.9 Å². The van der Waals surface area contributed by atoms with Crippen LogP contribution in [-0.4, -0.2) is 31.8 Å². The van der Waals surface area contributed by atoms with Crippen molar-refractivity contribution < 1.29 is 14.3 Å². The quantitative estimate of drug-likeness (QED) is 0.752. The molecule has 2 rings (SSSR count). The van der Waals surface area contributed by atoms with Crippen LogP contribution in [-0.2, 0) is 12.1 Å². The Bertz CT molecular complexity index is 735. The Morgan fingerprint density at radius 2 is 1.96 bits per heavy atom. The molecule has 0 aliphatic heterocycles. The van der Waals surface area contributed by atoms with E-state index in [2.05, 4.69) is 10.6 Å². The normalized spacial score (nSPS) is 13.2. The maximum Gasteiger partial charge on any atom is 0.315 e. The molecule has 0 radical (unpaired) electrons. The molecule has 1 atom stereocenters. The van der Waals surface area contributed by atoms with E-state index < -0.39 is 5.60 Å². The number of nitrogens with zero attached hydrogens (tertiary/aromatic N) is 1. The zero-order chi connectivity index (χ0) is 18.6. The number of carbonyl (C=O) groups is 1. The Kier molecular flexibility index (Phi) is 5.74. The van der Waals surface area contributed by atoms with Gasteiger partial charge in [0.2, 0.25) is 0 Å². The van der Waals surface area contributed by atoms with E-state index in [1.807, 2.05) is 50.2 Å². The van der Waals surface area contributed by atoms with Gasteiger partial charge in [0.05, 0.1) is 6.54 Å². The van der Waals surface area contributed by atoms with E-state index in [1.165, 1.54) is 0 Å². The van der Waals surface area contributed by atoms with Crippen molar-refractivity contribution in [3.63, 3.8) is 0 Å². The van der Waals surface area contributed by atoms with Crippen LogP contribution in [0.25, 0.3) is 0 Å². The molecule has 0 saturated carbocycles. The highest BCUT2D eigenvalue weighted by Crippen LogP contribution is 2.26. The minimum Gasteiger partial charge on any atom is -0.466 e. The monoisotopic (exact) mass is 345 g/mol. The molecule has 1 aromatic carbocycles. The summed E-state index contributed by atoms with van der Waals surface area (Å²) in [6.07, 6.45) is 0. The number of amides is 2. The fourth-order valence-corrected chi connectivity index (χ4v) is 2.70. The molecule has 1 heterocycles. The Morgan fingerprint density at radius 3 is 2.56 bits per heavy atom. The van der Waals surface area contributed by atoms with Crippen LogP contribution in [0.5, 0.6) is 0 Å². The summed E-state index contributed by atoms with van der Waals surface area (Å²) >= 11 is 0. The summed E-state index contributed by atoms with van der Waals surface area (Å²) in [6, 6.07) is 9.42. The minimum atomic E-state index is -1.19. The molecule has 0 unspecified atom stereocenters. The molecule has 1 aromatic heterocycles. The molecule has 0 bridgehead atoms. The van der Waals surface area contributed by atoms with Crippen LogP contribution in [0.15, 0.2) is 34.7 Å². The summed E-state index contributed by atoms with van der Waals surface area (Å²) in [6.45, 7) is 5.80. The third kappa shape index (κ3) is 5.00. The van der Waals surface area contributed by atoms with Gasteiger partial charge in [-0.15, -0.1) is 0 Å². The average molecular weight is 345 g/mol. The number of nitrogens with one attached hydrogen (secondary N) is 2. The molecule has 0 aliphatic rings. The topological polar surface area (TPSA) is 77.7 Å². The van der Waals surface area contributed by atoms with Crippen LogP contribution in [0.3, 0.4) is 0 Å². The highest BCUT2D eigenvalue weighted by atomic mass is 16.3. The van der Waals surface area contributed by atoms with Gasteiger partial charge in [0.1, 0.15) is 17.1 Å². The number of urea groups is 1. The molecule has 2 aromatic rings. The van der Waals surface area contributed by atoms with E-state index in [1.54, 1.807) is 19.9 Å². The van der Waals surface area contributed by atoms with Gasteiger partial charge in [-0.2, -0.15) is 0 Å². The molecule has 3 N–H and O–H groups in total. The fraction of sp³-hybridized carbons (Fsp3) is 0.421. The Labute approximate surface area is 148 Å². The first kappa shape index (κ1) is 18.9. The SMILES string of the molecule is Cc1cc([C@](C)(O)CNC(=O)NCc2cccc(N(C)C)c2)c(C)o1. The van der Waals surface area contributed by atoms with Crippen LogP contribution >= 0.6 is 0 Å². The first-order valence-corrected chi connectivity index (χ1v) is 8.27. The Hall–Kier alpha value is -2.47. The fourth-order valence-electron chi connectivity index (χ4n) is 2.70. The average Bonchev–Trinajstić information content (AvgIpc) is 2.90. The van der Waals surface area contributed by atoms with Crippen molar-refractivity contribution in [3.8, 4) is 0 Å². The van der Waals surface area contributed by atoms with Gasteiger partial charge in [-0.1, -0.05) is 12.1 Å². The number of hydrogen-bond donors (Lipinski definition) is 3. The second kappa shape index (κ2) is 7.61. The van der Waals surface area contributed by atoms with Gasteiger partial charge in [0.15, 0.2) is 0 Å². The third-order valence-corrected chi connectivity index (χ3v) is 4.09. The summed E-state index contributed by atoms with van der Waals surface area (Å²) < 4.78 is 5.45. The molecule has 25 heavy (non-hydrogen) atoms. The smallest absolute Gasteiger partial charge is 0.315 e. The van der Waals surface area contributed by atoms with Crippen molar-refractivity contribution in [1.82, 2.24) is 10.6 Å². The maximum absolute atomic E-state index is 12.0. The standard InChI is InChI=1S/C19H27N3O3/c1-13-9-17(14(2)25-13)19(3,24)12-21-18(23)20-11-15-7-6-8-16(10-15)22(4)5/h6-10,24H,11-12H2,1-5H3,(H2,20,21,23)/t19-/m1/s1. The van der Waals surface area contributed by atoms with Gasteiger partial charge < -0.3 is 25.1 Å². The van der Waals surface area contributed by atoms with Crippen molar-refractivity contribution in [2.45, 2.75) is 32.9 Å². The lowest BCUT2D eigenvalue weighted by Gasteiger charge is -2.23. The van der Waals surface area contributed by atoms with Gasteiger partial charge >= 0.3 is 6.03 Å². The second-order valence-corrected chi connectivity index (χ2v) is 6.70. The van der Waals surface area contributed by atoms with Gasteiger partial charge in [-0.05, 0) is 44.5 Å². The van der Waals surface area contributed by atoms with Crippen molar-refractivity contribution in [3.05, 3.63) is 53.0 Å². The van der Waals surface area contributed by atoms with Crippen LogP contribution in [0.2, 0.25) is 0 Å². The summed E-state index contributed by atoms with van der Waals surface area (Å²) in [5.74, 6) is 1.39. The lowest BCUT2D eigenvalue weighted by molar-refractivity contribution is 0.0579. The number of carbonyl (C=O) groups excluding carboxylic acids is 1. The zero-order valence-electron chi connectivity index (χ0n) is 15.5. The van der Waals surface area contributed by atoms with E-state index in [4.69, 9.17) is 4.42 Å². The molecule has 2 amide bonds. The predicted molar refractivity (Wildman–Crippen MR) is 98.8 cm³/mol. The Morgan fingerprint density at radius 1 is 1.24 bits per heavy atom. The van der Waals surface area contributed by atoms with Crippen LogP contribution in [0.4, 0.5) is 10.5 Å². The van der Waals surface area contributed by atoms with Crippen LogP contribution < -0.4 is 15.5 Å². The minimum absolute atomic E-state index is 0.0936. The summed E-state index contributed by atoms with van der Waals surface area (Å²) in [5.41, 5.74) is 1.58. The predicted octanol–water partition coefficient (Wildman–Crippen LogP) is 2.67. The Balaban J connectivity index is 1.88. The second-order valence-electron chi connectivity index (χ2n) is 6.70. The molecule has 0 aliphatic carbocycles. The van der Waals surface area contributed by atoms with E-state index in [-0.39, 0.29) is 12.6 Å². The van der Waals surface area contributed by atoms with E-state index in [0.29, 0.717) is 17.9 Å². The van der Waals surface area contributed by atoms with E-state index >= 15 is 0 Å². The van der Waals surface area contributed by atoms with E-state index in [0.717, 1.165) is 17.0 Å². The molecule has 6 heteroatoms. The van der Waals surface area contributed by atoms with Gasteiger partial charge in [-0.3, -0.25) is 0 Å². The lowest BCUT2D eigenvalue weighted by Crippen LogP contribution is -2.43. The third-order valence-electron chi connectivity index (χ3n) is 4.09. The van der Waals surface area contributed by atoms with Crippen LogP contribution in [0, 0.1) is 13.8 Å². The maximum atomic E-state index is 12.0. The van der Waals surface area contributed by atoms with Crippen molar-refractivity contribution in [1.29, 1.82) is 0 Å². The van der Waals surface area contributed by atoms with Crippen molar-refractivity contribution in [2.75, 3.05) is 25.5 Å². The number of furan rings is 1. The highest BCUT2D eigenvalue weighted by molar-refractivity contribution is 5.74. The number of rotatable bonds is 6. The first-order chi connectivity index (χ1) is 11.7. The number of benzene rings is 1. The van der Waals surface area contributed by atoms with E-state index in [9.17, 15) is 9.90 Å². The largest absolute Gasteiger partial charge is 0.466 e. The lowest BCUT2D eigenvalue weighted by atomic mass is 9.96. The first-order valence-electron chi connectivity index (χ1n) is 8.27. The van der Waals surface area contributed by atoms with Crippen LogP contribution in [0.1, 0.15) is 29.6 Å². The number of hydrogen-bond acceptors (Lipinski definition) is 4. The van der Waals surface area contributed by atoms with Crippen molar-refractivity contribution in [2.24, 2.45) is 0 Å². The highest BCUT2D eigenvalue weighted by Gasteiger charge is 2.28. The molecule has 136 valence electrons. The number of anilines is 1. The number of aliphatic hydroxyl groups is 1. The summed E-state index contributed by atoms with van der Waals surface area (Å²) in [5, 5.41) is 16.1. The van der Waals surface area contributed by atoms with Gasteiger partial charge in [-0.25, -0.2) is 4.79 Å². The molecular weight excluding hydrogens is 318 g/mol. The van der Waals surface area contributed by atoms with Crippen molar-refractivity contribution >= 4 is 11.7 Å². The molecule has 0 saturated heterocycles. The number of aryl methyl sites for hydroxylation is 2.